The maximum Gasteiger partial charge on any atom is 0.331 e. The Hall–Kier alpha value is -3.71. The molecule has 7 heteroatoms. The molecule has 5 aromatic rings. The molecule has 5 rings (SSSR count). The summed E-state index contributed by atoms with van der Waals surface area (Å²) < 4.78 is 10.5. The zero-order valence-electron chi connectivity index (χ0n) is 20.9. The molecule has 0 spiro atoms. The van der Waals surface area contributed by atoms with E-state index in [-0.39, 0.29) is 17.2 Å². The van der Waals surface area contributed by atoms with Crippen LogP contribution in [0.3, 0.4) is 0 Å². The molecule has 0 N–H and O–H groups in total. The van der Waals surface area contributed by atoms with Gasteiger partial charge in [-0.05, 0) is 40.5 Å². The van der Waals surface area contributed by atoms with Crippen LogP contribution in [0.2, 0.25) is 0 Å². The van der Waals surface area contributed by atoms with Gasteiger partial charge in [-0.3, -0.25) is 13.9 Å². The molecule has 0 atom stereocenters. The monoisotopic (exact) mass is 499 g/mol. The van der Waals surface area contributed by atoms with Crippen LogP contribution in [0.15, 0.2) is 92.4 Å². The van der Waals surface area contributed by atoms with Crippen LogP contribution < -0.4 is 16.0 Å². The van der Waals surface area contributed by atoms with Gasteiger partial charge in [0.25, 0.3) is 5.56 Å². The Labute approximate surface area is 213 Å². The first-order valence-electron chi connectivity index (χ1n) is 12.0. The smallest absolute Gasteiger partial charge is 0.331 e. The van der Waals surface area contributed by atoms with Crippen molar-refractivity contribution in [2.75, 3.05) is 7.11 Å². The van der Waals surface area contributed by atoms with Crippen molar-refractivity contribution < 1.29 is 4.74 Å². The molecule has 0 amide bonds. The SMILES string of the molecule is COc1cccc(Sc2c3c(=O)n(C)c(=O)n(CC(C)C)c3cn2Cc2cccc3ccccc23)c1. The summed E-state index contributed by atoms with van der Waals surface area (Å²) in [5.41, 5.74) is 1.25. The Bertz CT molecular complexity index is 1690. The van der Waals surface area contributed by atoms with Gasteiger partial charge in [-0.25, -0.2) is 4.79 Å². The fraction of sp³-hybridized carbons (Fsp3) is 0.241. The van der Waals surface area contributed by atoms with Crippen LogP contribution in [0.1, 0.15) is 19.4 Å². The third-order valence-corrected chi connectivity index (χ3v) is 7.48. The van der Waals surface area contributed by atoms with Crippen molar-refractivity contribution >= 4 is 33.4 Å². The molecule has 0 fully saturated rings. The summed E-state index contributed by atoms with van der Waals surface area (Å²) in [5, 5.41) is 3.71. The Balaban J connectivity index is 1.77. The van der Waals surface area contributed by atoms with Gasteiger partial charge in [0.2, 0.25) is 0 Å². The largest absolute Gasteiger partial charge is 0.497 e. The first-order chi connectivity index (χ1) is 17.4. The Morgan fingerprint density at radius 1 is 0.972 bits per heavy atom. The lowest BCUT2D eigenvalue weighted by Crippen LogP contribution is -2.38. The average Bonchev–Trinajstić information content (AvgIpc) is 3.23. The quantitative estimate of drug-likeness (QED) is 0.296. The van der Waals surface area contributed by atoms with E-state index in [2.05, 4.69) is 48.7 Å². The van der Waals surface area contributed by atoms with Gasteiger partial charge in [-0.2, -0.15) is 0 Å². The number of hydrogen-bond acceptors (Lipinski definition) is 4. The van der Waals surface area contributed by atoms with E-state index in [9.17, 15) is 9.59 Å². The highest BCUT2D eigenvalue weighted by Crippen LogP contribution is 2.36. The van der Waals surface area contributed by atoms with E-state index in [0.29, 0.717) is 24.0 Å². The summed E-state index contributed by atoms with van der Waals surface area (Å²) in [4.78, 5) is 27.6. The molecule has 2 heterocycles. The van der Waals surface area contributed by atoms with Gasteiger partial charge >= 0.3 is 5.69 Å². The molecule has 3 aromatic carbocycles. The van der Waals surface area contributed by atoms with E-state index in [0.717, 1.165) is 21.2 Å². The van der Waals surface area contributed by atoms with Crippen LogP contribution in [0.5, 0.6) is 5.75 Å². The third kappa shape index (κ3) is 4.35. The number of benzene rings is 3. The Kier molecular flexibility index (Phi) is 6.49. The molecule has 0 bridgehead atoms. The number of nitrogens with zero attached hydrogens (tertiary/aromatic N) is 3. The lowest BCUT2D eigenvalue weighted by atomic mass is 10.0. The zero-order chi connectivity index (χ0) is 25.4. The van der Waals surface area contributed by atoms with E-state index in [4.69, 9.17) is 4.74 Å². The molecule has 2 aromatic heterocycles. The molecule has 0 aliphatic heterocycles. The minimum absolute atomic E-state index is 0.249. The van der Waals surface area contributed by atoms with Gasteiger partial charge in [0, 0.05) is 31.2 Å². The summed E-state index contributed by atoms with van der Waals surface area (Å²) in [6.45, 7) is 5.25. The standard InChI is InChI=1S/C29H29N3O3S/c1-19(2)16-32-25-18-31(17-21-11-7-10-20-9-5-6-14-24(20)21)28(26(25)27(33)30(3)29(32)34)36-23-13-8-12-22(15-23)35-4/h5-15,18-19H,16-17H2,1-4H3. The van der Waals surface area contributed by atoms with Crippen molar-refractivity contribution in [2.24, 2.45) is 13.0 Å². The van der Waals surface area contributed by atoms with Crippen molar-refractivity contribution in [3.05, 3.63) is 99.3 Å². The highest BCUT2D eigenvalue weighted by Gasteiger charge is 2.21. The molecule has 0 saturated carbocycles. The molecule has 0 aliphatic rings. The number of aromatic nitrogens is 3. The first-order valence-corrected chi connectivity index (χ1v) is 12.8. The van der Waals surface area contributed by atoms with Gasteiger partial charge in [-0.1, -0.05) is 74.1 Å². The van der Waals surface area contributed by atoms with Crippen LogP contribution in [-0.2, 0) is 20.1 Å². The second kappa shape index (κ2) is 9.74. The Morgan fingerprint density at radius 2 is 1.72 bits per heavy atom. The third-order valence-electron chi connectivity index (χ3n) is 6.36. The van der Waals surface area contributed by atoms with Gasteiger partial charge in [0.1, 0.15) is 5.75 Å². The second-order valence-electron chi connectivity index (χ2n) is 9.39. The molecule has 0 unspecified atom stereocenters. The molecule has 36 heavy (non-hydrogen) atoms. The van der Waals surface area contributed by atoms with Crippen LogP contribution in [0, 0.1) is 5.92 Å². The van der Waals surface area contributed by atoms with E-state index >= 15 is 0 Å². The van der Waals surface area contributed by atoms with E-state index in [1.165, 1.54) is 27.1 Å². The molecular formula is C29H29N3O3S. The van der Waals surface area contributed by atoms with Crippen LogP contribution in [0.4, 0.5) is 0 Å². The minimum atomic E-state index is -0.290. The van der Waals surface area contributed by atoms with Gasteiger partial charge in [0.15, 0.2) is 0 Å². The van der Waals surface area contributed by atoms with Crippen LogP contribution >= 0.6 is 11.8 Å². The lowest BCUT2D eigenvalue weighted by Gasteiger charge is -2.12. The highest BCUT2D eigenvalue weighted by molar-refractivity contribution is 7.99. The number of methoxy groups -OCH3 is 1. The summed E-state index contributed by atoms with van der Waals surface area (Å²) in [6.07, 6.45) is 1.96. The molecule has 0 saturated heterocycles. The van der Waals surface area contributed by atoms with Gasteiger partial charge in [0.05, 0.1) is 23.0 Å². The number of rotatable bonds is 7. The summed E-state index contributed by atoms with van der Waals surface area (Å²) in [6, 6.07) is 22.4. The van der Waals surface area contributed by atoms with Crippen molar-refractivity contribution in [1.29, 1.82) is 0 Å². The molecular weight excluding hydrogens is 470 g/mol. The maximum absolute atomic E-state index is 13.5. The molecule has 184 valence electrons. The van der Waals surface area contributed by atoms with Crippen molar-refractivity contribution in [3.8, 4) is 5.75 Å². The maximum atomic E-state index is 13.5. The highest BCUT2D eigenvalue weighted by atomic mass is 32.2. The fourth-order valence-corrected chi connectivity index (χ4v) is 5.70. The predicted molar refractivity (Wildman–Crippen MR) is 146 cm³/mol. The summed E-state index contributed by atoms with van der Waals surface area (Å²) in [7, 11) is 3.20. The van der Waals surface area contributed by atoms with E-state index < -0.39 is 0 Å². The van der Waals surface area contributed by atoms with Gasteiger partial charge < -0.3 is 9.30 Å². The van der Waals surface area contributed by atoms with Crippen LogP contribution in [-0.4, -0.2) is 20.8 Å². The van der Waals surface area contributed by atoms with Crippen LogP contribution in [0.25, 0.3) is 21.7 Å². The normalized spacial score (nSPS) is 11.6. The predicted octanol–water partition coefficient (Wildman–Crippen LogP) is 5.52. The van der Waals surface area contributed by atoms with E-state index in [1.54, 1.807) is 18.7 Å². The van der Waals surface area contributed by atoms with Crippen molar-refractivity contribution in [2.45, 2.75) is 36.9 Å². The molecule has 0 radical (unpaired) electrons. The lowest BCUT2D eigenvalue weighted by molar-refractivity contribution is 0.413. The molecule has 6 nitrogen and oxygen atoms in total. The first kappa shape index (κ1) is 24.0. The zero-order valence-corrected chi connectivity index (χ0v) is 21.7. The minimum Gasteiger partial charge on any atom is -0.497 e. The fourth-order valence-electron chi connectivity index (χ4n) is 4.63. The Morgan fingerprint density at radius 3 is 2.50 bits per heavy atom. The van der Waals surface area contributed by atoms with E-state index in [1.807, 2.05) is 42.6 Å². The number of hydrogen-bond donors (Lipinski definition) is 0. The van der Waals surface area contributed by atoms with Crippen molar-refractivity contribution in [1.82, 2.24) is 13.7 Å². The number of fused-ring (bicyclic) bond motifs is 2. The number of ether oxygens (including phenoxy) is 1. The summed E-state index contributed by atoms with van der Waals surface area (Å²) >= 11 is 1.52. The second-order valence-corrected chi connectivity index (χ2v) is 10.5. The summed E-state index contributed by atoms with van der Waals surface area (Å²) in [5.74, 6) is 1.00. The van der Waals surface area contributed by atoms with Crippen molar-refractivity contribution in [3.63, 3.8) is 0 Å². The molecule has 0 aliphatic carbocycles. The topological polar surface area (TPSA) is 58.2 Å². The average molecular weight is 500 g/mol. The van der Waals surface area contributed by atoms with Gasteiger partial charge in [-0.15, -0.1) is 0 Å².